The summed E-state index contributed by atoms with van der Waals surface area (Å²) in [4.78, 5) is 2.66. The van der Waals surface area contributed by atoms with Crippen LogP contribution in [0.3, 0.4) is 0 Å². The highest BCUT2D eigenvalue weighted by molar-refractivity contribution is 9.10. The standard InChI is InChI=1S/C17H25BrN2/c1-12-8-15(6-7-16(12)18)17(9-19)20(10-13-2-3-13)11-14-4-5-14/h6-8,13-14,17H,2-5,9-11,19H2,1H3. The van der Waals surface area contributed by atoms with Gasteiger partial charge in [0.2, 0.25) is 0 Å². The molecule has 0 aliphatic heterocycles. The average Bonchev–Trinajstić information content (AvgIpc) is 3.30. The number of nitrogens with zero attached hydrogens (tertiary/aromatic N) is 1. The van der Waals surface area contributed by atoms with Gasteiger partial charge in [-0.25, -0.2) is 0 Å². The van der Waals surface area contributed by atoms with Gasteiger partial charge in [0.05, 0.1) is 0 Å². The summed E-state index contributed by atoms with van der Waals surface area (Å²) in [5, 5.41) is 0. The Hall–Kier alpha value is -0.380. The highest BCUT2D eigenvalue weighted by Gasteiger charge is 2.32. The van der Waals surface area contributed by atoms with Gasteiger partial charge in [-0.1, -0.05) is 28.1 Å². The summed E-state index contributed by atoms with van der Waals surface area (Å²) in [6, 6.07) is 7.10. The van der Waals surface area contributed by atoms with Crippen LogP contribution >= 0.6 is 15.9 Å². The molecule has 1 aromatic carbocycles. The fourth-order valence-electron chi connectivity index (χ4n) is 2.96. The zero-order valence-corrected chi connectivity index (χ0v) is 13.9. The monoisotopic (exact) mass is 336 g/mol. The Bertz CT molecular complexity index is 452. The zero-order chi connectivity index (χ0) is 14.1. The molecule has 0 aromatic heterocycles. The molecule has 2 saturated carbocycles. The summed E-state index contributed by atoms with van der Waals surface area (Å²) in [6.45, 7) is 5.37. The largest absolute Gasteiger partial charge is 0.329 e. The van der Waals surface area contributed by atoms with Crippen LogP contribution in [0.15, 0.2) is 22.7 Å². The van der Waals surface area contributed by atoms with Gasteiger partial charge in [-0.3, -0.25) is 4.90 Å². The topological polar surface area (TPSA) is 29.3 Å². The van der Waals surface area contributed by atoms with E-state index in [1.165, 1.54) is 54.4 Å². The fraction of sp³-hybridized carbons (Fsp3) is 0.647. The fourth-order valence-corrected chi connectivity index (χ4v) is 3.21. The molecule has 2 fully saturated rings. The molecule has 0 heterocycles. The van der Waals surface area contributed by atoms with Crippen LogP contribution in [-0.2, 0) is 0 Å². The van der Waals surface area contributed by atoms with Crippen LogP contribution in [0, 0.1) is 18.8 Å². The third-order valence-corrected chi connectivity index (χ3v) is 5.50. The van der Waals surface area contributed by atoms with E-state index in [2.05, 4.69) is 46.0 Å². The normalized spacial score (nSPS) is 20.4. The smallest absolute Gasteiger partial charge is 0.0470 e. The van der Waals surface area contributed by atoms with Crippen molar-refractivity contribution in [3.05, 3.63) is 33.8 Å². The summed E-state index contributed by atoms with van der Waals surface area (Å²) in [6.07, 6.45) is 5.66. The van der Waals surface area contributed by atoms with Gasteiger partial charge in [0.25, 0.3) is 0 Å². The first-order valence-electron chi connectivity index (χ1n) is 7.87. The molecule has 0 bridgehead atoms. The van der Waals surface area contributed by atoms with E-state index in [4.69, 9.17) is 5.73 Å². The van der Waals surface area contributed by atoms with Crippen molar-refractivity contribution in [3.8, 4) is 0 Å². The minimum absolute atomic E-state index is 0.392. The second-order valence-electron chi connectivity index (χ2n) is 6.60. The Labute approximate surface area is 130 Å². The van der Waals surface area contributed by atoms with Crippen LogP contribution in [0.4, 0.5) is 0 Å². The van der Waals surface area contributed by atoms with Crippen LogP contribution in [0.2, 0.25) is 0 Å². The van der Waals surface area contributed by atoms with Crippen LogP contribution in [0.1, 0.15) is 42.9 Å². The number of hydrogen-bond acceptors (Lipinski definition) is 2. The molecule has 2 N–H and O–H groups in total. The predicted octanol–water partition coefficient (Wildman–Crippen LogP) is 3.88. The first-order valence-corrected chi connectivity index (χ1v) is 8.67. The molecule has 2 nitrogen and oxygen atoms in total. The Morgan fingerprint density at radius 1 is 1.20 bits per heavy atom. The summed E-state index contributed by atoms with van der Waals surface area (Å²) in [5.74, 6) is 1.86. The minimum atomic E-state index is 0.392. The van der Waals surface area contributed by atoms with Gasteiger partial charge in [0.1, 0.15) is 0 Å². The molecule has 0 amide bonds. The second-order valence-corrected chi connectivity index (χ2v) is 7.46. The van der Waals surface area contributed by atoms with E-state index in [0.717, 1.165) is 18.4 Å². The average molecular weight is 337 g/mol. The van der Waals surface area contributed by atoms with Gasteiger partial charge in [-0.2, -0.15) is 0 Å². The van der Waals surface area contributed by atoms with Gasteiger partial charge in [-0.05, 0) is 61.6 Å². The van der Waals surface area contributed by atoms with E-state index in [9.17, 15) is 0 Å². The molecule has 20 heavy (non-hydrogen) atoms. The number of rotatable bonds is 7. The molecule has 0 spiro atoms. The third kappa shape index (κ3) is 3.63. The van der Waals surface area contributed by atoms with Crippen molar-refractivity contribution in [2.45, 2.75) is 38.6 Å². The number of aryl methyl sites for hydroxylation is 1. The van der Waals surface area contributed by atoms with Crippen molar-refractivity contribution in [3.63, 3.8) is 0 Å². The Morgan fingerprint density at radius 2 is 1.80 bits per heavy atom. The van der Waals surface area contributed by atoms with Crippen LogP contribution in [-0.4, -0.2) is 24.5 Å². The molecule has 2 aliphatic rings. The number of nitrogens with two attached hydrogens (primary N) is 1. The van der Waals surface area contributed by atoms with E-state index in [1.54, 1.807) is 0 Å². The number of benzene rings is 1. The van der Waals surface area contributed by atoms with Gasteiger partial charge in [-0.15, -0.1) is 0 Å². The number of halogens is 1. The van der Waals surface area contributed by atoms with Crippen molar-refractivity contribution >= 4 is 15.9 Å². The summed E-state index contributed by atoms with van der Waals surface area (Å²) in [5.41, 5.74) is 8.82. The lowest BCUT2D eigenvalue weighted by atomic mass is 10.0. The van der Waals surface area contributed by atoms with Gasteiger partial charge in [0.15, 0.2) is 0 Å². The first-order chi connectivity index (χ1) is 9.67. The molecule has 1 unspecified atom stereocenters. The maximum atomic E-state index is 6.13. The molecule has 3 heteroatoms. The Balaban J connectivity index is 1.77. The van der Waals surface area contributed by atoms with Gasteiger partial charge in [0, 0.05) is 30.1 Å². The summed E-state index contributed by atoms with van der Waals surface area (Å²) >= 11 is 3.59. The van der Waals surface area contributed by atoms with Crippen molar-refractivity contribution < 1.29 is 0 Å². The van der Waals surface area contributed by atoms with Crippen molar-refractivity contribution in [2.75, 3.05) is 19.6 Å². The Morgan fingerprint density at radius 3 is 2.25 bits per heavy atom. The molecule has 1 atom stereocenters. The minimum Gasteiger partial charge on any atom is -0.329 e. The third-order valence-electron chi connectivity index (χ3n) is 4.61. The van der Waals surface area contributed by atoms with Crippen molar-refractivity contribution in [1.29, 1.82) is 0 Å². The lowest BCUT2D eigenvalue weighted by Gasteiger charge is -2.32. The quantitative estimate of drug-likeness (QED) is 0.818. The van der Waals surface area contributed by atoms with Crippen LogP contribution < -0.4 is 5.73 Å². The maximum absolute atomic E-state index is 6.13. The lowest BCUT2D eigenvalue weighted by Crippen LogP contribution is -2.36. The first kappa shape index (κ1) is 14.6. The highest BCUT2D eigenvalue weighted by Crippen LogP contribution is 2.37. The van der Waals surface area contributed by atoms with Crippen molar-refractivity contribution in [2.24, 2.45) is 17.6 Å². The molecule has 2 aliphatic carbocycles. The molecule has 110 valence electrons. The van der Waals surface area contributed by atoms with E-state index >= 15 is 0 Å². The molecular weight excluding hydrogens is 312 g/mol. The SMILES string of the molecule is Cc1cc(C(CN)N(CC2CC2)CC2CC2)ccc1Br. The summed E-state index contributed by atoms with van der Waals surface area (Å²) < 4.78 is 1.19. The zero-order valence-electron chi connectivity index (χ0n) is 12.3. The maximum Gasteiger partial charge on any atom is 0.0470 e. The number of hydrogen-bond donors (Lipinski definition) is 1. The summed E-state index contributed by atoms with van der Waals surface area (Å²) in [7, 11) is 0. The molecular formula is C17H25BrN2. The second kappa shape index (κ2) is 6.17. The van der Waals surface area contributed by atoms with Crippen LogP contribution in [0.25, 0.3) is 0 Å². The van der Waals surface area contributed by atoms with Gasteiger partial charge >= 0.3 is 0 Å². The molecule has 1 aromatic rings. The highest BCUT2D eigenvalue weighted by atomic mass is 79.9. The molecule has 0 saturated heterocycles. The van der Waals surface area contributed by atoms with E-state index < -0.39 is 0 Å². The van der Waals surface area contributed by atoms with E-state index in [1.807, 2.05) is 0 Å². The Kier molecular flexibility index (Phi) is 4.49. The molecule has 3 rings (SSSR count). The molecule has 0 radical (unpaired) electrons. The lowest BCUT2D eigenvalue weighted by molar-refractivity contribution is 0.185. The van der Waals surface area contributed by atoms with E-state index in [-0.39, 0.29) is 0 Å². The van der Waals surface area contributed by atoms with Gasteiger partial charge < -0.3 is 5.73 Å². The predicted molar refractivity (Wildman–Crippen MR) is 87.7 cm³/mol. The van der Waals surface area contributed by atoms with Crippen LogP contribution in [0.5, 0.6) is 0 Å². The van der Waals surface area contributed by atoms with E-state index in [0.29, 0.717) is 6.04 Å². The van der Waals surface area contributed by atoms with Crippen molar-refractivity contribution in [1.82, 2.24) is 4.90 Å².